The summed E-state index contributed by atoms with van der Waals surface area (Å²) in [5.41, 5.74) is -0.363. The van der Waals surface area contributed by atoms with Crippen LogP contribution in [0.5, 0.6) is 0 Å². The Hall–Kier alpha value is -0.160. The number of aliphatic hydroxyl groups is 3. The van der Waals surface area contributed by atoms with Crippen molar-refractivity contribution in [2.75, 3.05) is 6.61 Å². The summed E-state index contributed by atoms with van der Waals surface area (Å²) in [7, 11) is 0. The number of ether oxygens (including phenoxy) is 1. The summed E-state index contributed by atoms with van der Waals surface area (Å²) in [6.45, 7) is 0.704. The third-order valence-electron chi connectivity index (χ3n) is 3.14. The van der Waals surface area contributed by atoms with Gasteiger partial charge in [0.15, 0.2) is 0 Å². The average Bonchev–Trinajstić information content (AvgIpc) is 2.49. The predicted molar refractivity (Wildman–Crippen MR) is 45.2 cm³/mol. The fourth-order valence-electron chi connectivity index (χ4n) is 2.42. The van der Waals surface area contributed by atoms with E-state index in [1.807, 2.05) is 0 Å². The second-order valence-corrected chi connectivity index (χ2v) is 4.17. The third kappa shape index (κ3) is 1.59. The SMILES string of the molecule is OC1CC2(CCCO2)CC(O)C1O. The van der Waals surface area contributed by atoms with Crippen molar-refractivity contribution in [3.05, 3.63) is 0 Å². The third-order valence-corrected chi connectivity index (χ3v) is 3.14. The van der Waals surface area contributed by atoms with Gasteiger partial charge in [0.05, 0.1) is 17.8 Å². The molecule has 13 heavy (non-hydrogen) atoms. The summed E-state index contributed by atoms with van der Waals surface area (Å²) in [5, 5.41) is 28.3. The minimum Gasteiger partial charge on any atom is -0.390 e. The molecule has 1 aliphatic carbocycles. The Kier molecular flexibility index (Phi) is 2.32. The highest BCUT2D eigenvalue weighted by Crippen LogP contribution is 2.39. The molecule has 1 aliphatic heterocycles. The molecule has 2 fully saturated rings. The maximum absolute atomic E-state index is 9.48. The van der Waals surface area contributed by atoms with Crippen LogP contribution in [0.25, 0.3) is 0 Å². The molecule has 1 spiro atoms. The normalized spacial score (nSPS) is 51.5. The van der Waals surface area contributed by atoms with E-state index in [1.165, 1.54) is 0 Å². The van der Waals surface area contributed by atoms with E-state index in [4.69, 9.17) is 4.74 Å². The van der Waals surface area contributed by atoms with Crippen molar-refractivity contribution in [1.29, 1.82) is 0 Å². The second-order valence-electron chi connectivity index (χ2n) is 4.17. The summed E-state index contributed by atoms with van der Waals surface area (Å²) in [6, 6.07) is 0. The smallest absolute Gasteiger partial charge is 0.106 e. The molecule has 4 nitrogen and oxygen atoms in total. The predicted octanol–water partition coefficient (Wildman–Crippen LogP) is -0.588. The molecule has 2 atom stereocenters. The van der Waals surface area contributed by atoms with E-state index in [2.05, 4.69) is 0 Å². The standard InChI is InChI=1S/C9H16O4/c10-6-4-9(2-1-3-13-9)5-7(11)8(6)12/h6-8,10-12H,1-5H2. The lowest BCUT2D eigenvalue weighted by Gasteiger charge is -2.40. The van der Waals surface area contributed by atoms with Crippen LogP contribution in [0.1, 0.15) is 25.7 Å². The van der Waals surface area contributed by atoms with Gasteiger partial charge in [0.1, 0.15) is 6.10 Å². The molecule has 2 unspecified atom stereocenters. The minimum atomic E-state index is -1.00. The molecule has 0 bridgehead atoms. The maximum atomic E-state index is 9.48. The molecule has 1 heterocycles. The Morgan fingerprint density at radius 2 is 1.69 bits per heavy atom. The van der Waals surface area contributed by atoms with Crippen molar-refractivity contribution in [3.8, 4) is 0 Å². The molecule has 0 aromatic carbocycles. The van der Waals surface area contributed by atoms with Crippen LogP contribution < -0.4 is 0 Å². The highest BCUT2D eigenvalue weighted by Gasteiger charge is 2.46. The fourth-order valence-corrected chi connectivity index (χ4v) is 2.42. The first-order chi connectivity index (χ1) is 6.13. The number of hydrogen-bond acceptors (Lipinski definition) is 4. The average molecular weight is 188 g/mol. The zero-order valence-electron chi connectivity index (χ0n) is 7.52. The van der Waals surface area contributed by atoms with Crippen LogP contribution in [-0.2, 0) is 4.74 Å². The Morgan fingerprint density at radius 3 is 2.15 bits per heavy atom. The van der Waals surface area contributed by atoms with E-state index in [-0.39, 0.29) is 5.60 Å². The van der Waals surface area contributed by atoms with Gasteiger partial charge in [0.25, 0.3) is 0 Å². The molecule has 0 aromatic rings. The Balaban J connectivity index is 2.08. The van der Waals surface area contributed by atoms with Crippen LogP contribution in [0.2, 0.25) is 0 Å². The van der Waals surface area contributed by atoms with E-state index < -0.39 is 18.3 Å². The van der Waals surface area contributed by atoms with E-state index in [0.717, 1.165) is 12.8 Å². The molecule has 0 aromatic heterocycles. The van der Waals surface area contributed by atoms with E-state index in [9.17, 15) is 15.3 Å². The first-order valence-electron chi connectivity index (χ1n) is 4.81. The van der Waals surface area contributed by atoms with Crippen molar-refractivity contribution in [3.63, 3.8) is 0 Å². The summed E-state index contributed by atoms with van der Waals surface area (Å²) in [6.07, 6.45) is 0.0679. The van der Waals surface area contributed by atoms with E-state index in [0.29, 0.717) is 19.4 Å². The van der Waals surface area contributed by atoms with Gasteiger partial charge in [0.2, 0.25) is 0 Å². The molecule has 2 aliphatic rings. The lowest BCUT2D eigenvalue weighted by molar-refractivity contribution is -0.158. The molecule has 2 rings (SSSR count). The van der Waals surface area contributed by atoms with Crippen LogP contribution in [0.15, 0.2) is 0 Å². The van der Waals surface area contributed by atoms with Gasteiger partial charge < -0.3 is 20.1 Å². The van der Waals surface area contributed by atoms with E-state index in [1.54, 1.807) is 0 Å². The van der Waals surface area contributed by atoms with Gasteiger partial charge in [-0.1, -0.05) is 0 Å². The molecule has 1 saturated heterocycles. The van der Waals surface area contributed by atoms with Crippen LogP contribution >= 0.6 is 0 Å². The molecule has 4 heteroatoms. The largest absolute Gasteiger partial charge is 0.390 e. The van der Waals surface area contributed by atoms with Gasteiger partial charge in [-0.3, -0.25) is 0 Å². The summed E-state index contributed by atoms with van der Waals surface area (Å²) in [4.78, 5) is 0. The fraction of sp³-hybridized carbons (Fsp3) is 1.00. The van der Waals surface area contributed by atoms with Crippen LogP contribution in [-0.4, -0.2) is 45.8 Å². The number of hydrogen-bond donors (Lipinski definition) is 3. The van der Waals surface area contributed by atoms with Gasteiger partial charge in [-0.05, 0) is 12.8 Å². The Bertz CT molecular complexity index is 174. The van der Waals surface area contributed by atoms with Gasteiger partial charge >= 0.3 is 0 Å². The van der Waals surface area contributed by atoms with Crippen molar-refractivity contribution < 1.29 is 20.1 Å². The summed E-state index contributed by atoms with van der Waals surface area (Å²) < 4.78 is 5.54. The molecule has 76 valence electrons. The quantitative estimate of drug-likeness (QED) is 0.475. The lowest BCUT2D eigenvalue weighted by atomic mass is 9.78. The first-order valence-corrected chi connectivity index (χ1v) is 4.81. The summed E-state index contributed by atoms with van der Waals surface area (Å²) >= 11 is 0. The molecule has 1 saturated carbocycles. The number of rotatable bonds is 0. The summed E-state index contributed by atoms with van der Waals surface area (Å²) in [5.74, 6) is 0. The molecule has 3 N–H and O–H groups in total. The van der Waals surface area contributed by atoms with Crippen molar-refractivity contribution in [2.24, 2.45) is 0 Å². The van der Waals surface area contributed by atoms with Crippen molar-refractivity contribution in [2.45, 2.75) is 49.6 Å². The van der Waals surface area contributed by atoms with Crippen molar-refractivity contribution >= 4 is 0 Å². The van der Waals surface area contributed by atoms with Gasteiger partial charge in [-0.25, -0.2) is 0 Å². The van der Waals surface area contributed by atoms with Crippen molar-refractivity contribution in [1.82, 2.24) is 0 Å². The highest BCUT2D eigenvalue weighted by molar-refractivity contribution is 4.98. The molecule has 0 amide bonds. The topological polar surface area (TPSA) is 69.9 Å². The first kappa shape index (κ1) is 9.40. The molecular weight excluding hydrogens is 172 g/mol. The van der Waals surface area contributed by atoms with Gasteiger partial charge in [-0.15, -0.1) is 0 Å². The van der Waals surface area contributed by atoms with Gasteiger partial charge in [-0.2, -0.15) is 0 Å². The number of aliphatic hydroxyl groups excluding tert-OH is 3. The Morgan fingerprint density at radius 1 is 1.08 bits per heavy atom. The van der Waals surface area contributed by atoms with Crippen LogP contribution in [0, 0.1) is 0 Å². The van der Waals surface area contributed by atoms with E-state index >= 15 is 0 Å². The van der Waals surface area contributed by atoms with Crippen LogP contribution in [0.3, 0.4) is 0 Å². The molecular formula is C9H16O4. The zero-order valence-corrected chi connectivity index (χ0v) is 7.52. The monoisotopic (exact) mass is 188 g/mol. The minimum absolute atomic E-state index is 0.363. The second kappa shape index (κ2) is 3.20. The molecule has 0 radical (unpaired) electrons. The van der Waals surface area contributed by atoms with Gasteiger partial charge in [0, 0.05) is 19.4 Å². The maximum Gasteiger partial charge on any atom is 0.106 e. The van der Waals surface area contributed by atoms with Crippen LogP contribution in [0.4, 0.5) is 0 Å². The lowest BCUT2D eigenvalue weighted by Crippen LogP contribution is -2.52. The highest BCUT2D eigenvalue weighted by atomic mass is 16.5. The zero-order chi connectivity index (χ0) is 9.47. The Labute approximate surface area is 77.1 Å².